The minimum atomic E-state index is -4.62. The number of aliphatic hydroxyl groups is 1. The molecule has 2 aliphatic heterocycles. The van der Waals surface area contributed by atoms with E-state index in [1.165, 1.54) is 7.05 Å². The van der Waals surface area contributed by atoms with Crippen molar-refractivity contribution in [1.29, 1.82) is 0 Å². The van der Waals surface area contributed by atoms with Crippen LogP contribution in [0, 0.1) is 0 Å². The zero-order valence-electron chi connectivity index (χ0n) is 30.0. The molecule has 54 heavy (non-hydrogen) atoms. The molecule has 0 radical (unpaired) electrons. The first-order valence-electron chi connectivity index (χ1n) is 17.6. The Morgan fingerprint density at radius 3 is 2.48 bits per heavy atom. The van der Waals surface area contributed by atoms with Gasteiger partial charge in [-0.25, -0.2) is 0 Å². The number of hydrogen-bond donors (Lipinski definition) is 2. The van der Waals surface area contributed by atoms with Crippen LogP contribution in [0.3, 0.4) is 0 Å². The van der Waals surface area contributed by atoms with Gasteiger partial charge in [-0.15, -0.1) is 5.10 Å². The van der Waals surface area contributed by atoms with Gasteiger partial charge in [0.15, 0.2) is 11.5 Å². The molecular formula is C37H40ClF3N8O5. The molecule has 1 saturated heterocycles. The molecule has 0 saturated carbocycles. The monoisotopic (exact) mass is 768 g/mol. The molecule has 0 spiro atoms. The van der Waals surface area contributed by atoms with Gasteiger partial charge >= 0.3 is 6.18 Å². The number of aliphatic hydroxyl groups excluding tert-OH is 1. The quantitative estimate of drug-likeness (QED) is 0.110. The van der Waals surface area contributed by atoms with Crippen LogP contribution in [0.1, 0.15) is 55.5 Å². The molecule has 2 aliphatic rings. The van der Waals surface area contributed by atoms with Crippen molar-refractivity contribution in [2.24, 2.45) is 4.99 Å². The molecule has 17 heteroatoms. The highest BCUT2D eigenvalue weighted by Gasteiger charge is 2.32. The highest BCUT2D eigenvalue weighted by Crippen LogP contribution is 2.34. The minimum absolute atomic E-state index is 0.0189. The van der Waals surface area contributed by atoms with E-state index in [4.69, 9.17) is 21.3 Å². The van der Waals surface area contributed by atoms with E-state index in [2.05, 4.69) is 15.4 Å². The van der Waals surface area contributed by atoms with Crippen molar-refractivity contribution in [3.05, 3.63) is 86.0 Å². The first-order valence-corrected chi connectivity index (χ1v) is 18.0. The number of nitrogens with zero attached hydrogens (tertiary/aromatic N) is 7. The lowest BCUT2D eigenvalue weighted by atomic mass is 10.1. The summed E-state index contributed by atoms with van der Waals surface area (Å²) in [7, 11) is 1.45. The van der Waals surface area contributed by atoms with Gasteiger partial charge in [-0.3, -0.25) is 19.4 Å². The molecule has 0 aliphatic carbocycles. The largest absolute Gasteiger partial charge is 0.506 e. The van der Waals surface area contributed by atoms with Crippen LogP contribution in [0.5, 0.6) is 0 Å². The first-order chi connectivity index (χ1) is 25.8. The summed E-state index contributed by atoms with van der Waals surface area (Å²) < 4.78 is 48.0. The number of aromatic nitrogens is 4. The lowest BCUT2D eigenvalue weighted by Gasteiger charge is -2.36. The maximum absolute atomic E-state index is 14.3. The Bertz CT molecular complexity index is 2210. The lowest BCUT2D eigenvalue weighted by Crippen LogP contribution is -2.52. The average molecular weight is 769 g/mol. The van der Waals surface area contributed by atoms with Crippen LogP contribution < -0.4 is 15.8 Å². The van der Waals surface area contributed by atoms with Gasteiger partial charge in [0.1, 0.15) is 18.0 Å². The van der Waals surface area contributed by atoms with Gasteiger partial charge < -0.3 is 29.5 Å². The molecule has 6 rings (SSSR count). The standard InChI is InChI=1S/C37H40ClF3N8O5/c1-4-6-7-8-29(50)31(42-3)34(52)47-15-13-46(14-16-47)32-28(5-2)48(19-30(51)43-27-12-11-25(18-26(27)38)37(39,40)41)36-44-33(45-49(36)35(32)53)22-9-10-23-20-54-21-24(23)17-22/h8-12,17-18,50H,4-7,13-16,19-21H2,1-3H3,(H,43,51)/b29-8+,42-31?. The van der Waals surface area contributed by atoms with Crippen molar-refractivity contribution in [2.75, 3.05) is 43.4 Å². The van der Waals surface area contributed by atoms with Crippen LogP contribution >= 0.6 is 11.6 Å². The number of halogens is 4. The number of unbranched alkanes of at least 4 members (excludes halogenated alkanes) is 2. The number of benzene rings is 2. The highest BCUT2D eigenvalue weighted by atomic mass is 35.5. The number of fused-ring (bicyclic) bond motifs is 2. The molecule has 0 atom stereocenters. The number of nitrogens with one attached hydrogen (secondary N) is 1. The Labute approximate surface area is 313 Å². The number of alkyl halides is 3. The number of hydrogen-bond acceptors (Lipinski definition) is 9. The average Bonchev–Trinajstić information content (AvgIpc) is 3.81. The number of allylic oxidation sites excluding steroid dienone is 1. The van der Waals surface area contributed by atoms with Gasteiger partial charge in [-0.1, -0.05) is 44.0 Å². The molecule has 2 N–H and O–H groups in total. The zero-order valence-corrected chi connectivity index (χ0v) is 30.8. The molecule has 2 aromatic heterocycles. The van der Waals surface area contributed by atoms with Crippen LogP contribution in [0.25, 0.3) is 17.2 Å². The van der Waals surface area contributed by atoms with E-state index in [0.717, 1.165) is 46.7 Å². The van der Waals surface area contributed by atoms with Crippen molar-refractivity contribution in [3.63, 3.8) is 0 Å². The van der Waals surface area contributed by atoms with E-state index in [0.29, 0.717) is 30.9 Å². The van der Waals surface area contributed by atoms with Crippen LogP contribution in [-0.4, -0.2) is 79.9 Å². The number of carbonyl (C=O) groups is 2. The molecule has 0 unspecified atom stereocenters. The summed E-state index contributed by atoms with van der Waals surface area (Å²) in [6.45, 7) is 5.31. The van der Waals surface area contributed by atoms with Gasteiger partial charge in [-0.2, -0.15) is 22.7 Å². The number of piperazine rings is 1. The number of amides is 2. The third-order valence-corrected chi connectivity index (χ3v) is 9.77. The minimum Gasteiger partial charge on any atom is -0.506 e. The first kappa shape index (κ1) is 38.5. The Hall–Kier alpha value is -5.22. The third-order valence-electron chi connectivity index (χ3n) is 9.46. The molecule has 2 amide bonds. The van der Waals surface area contributed by atoms with Gasteiger partial charge in [0.25, 0.3) is 11.5 Å². The summed E-state index contributed by atoms with van der Waals surface area (Å²) in [6.07, 6.45) is -0.337. The van der Waals surface area contributed by atoms with Crippen molar-refractivity contribution >= 4 is 46.3 Å². The molecular weight excluding hydrogens is 729 g/mol. The summed E-state index contributed by atoms with van der Waals surface area (Å²) in [4.78, 5) is 53.5. The second-order valence-electron chi connectivity index (χ2n) is 13.0. The highest BCUT2D eigenvalue weighted by molar-refractivity contribution is 6.44. The zero-order chi connectivity index (χ0) is 38.7. The predicted octanol–water partition coefficient (Wildman–Crippen LogP) is 5.81. The van der Waals surface area contributed by atoms with Gasteiger partial charge in [-0.05, 0) is 60.7 Å². The van der Waals surface area contributed by atoms with Crippen molar-refractivity contribution in [1.82, 2.24) is 24.1 Å². The van der Waals surface area contributed by atoms with E-state index >= 15 is 0 Å². The number of ether oxygens (including phenoxy) is 1. The second-order valence-corrected chi connectivity index (χ2v) is 13.4. The Morgan fingerprint density at radius 2 is 1.81 bits per heavy atom. The van der Waals surface area contributed by atoms with Crippen LogP contribution in [-0.2, 0) is 46.7 Å². The number of aliphatic imine (C=N–C) groups is 1. The Balaban J connectivity index is 1.35. The van der Waals surface area contributed by atoms with E-state index in [1.54, 1.807) is 15.5 Å². The fraction of sp³-hybridized carbons (Fsp3) is 0.405. The Morgan fingerprint density at radius 1 is 1.07 bits per heavy atom. The number of rotatable bonds is 11. The summed E-state index contributed by atoms with van der Waals surface area (Å²) in [6, 6.07) is 8.28. The smallest absolute Gasteiger partial charge is 0.416 e. The topological polar surface area (TPSA) is 147 Å². The SMILES string of the molecule is CCCC/C=C(/O)C(=NC)C(=O)N1CCN(c2c(CC)n(CC(=O)Nc3ccc(C(F)(F)F)cc3Cl)c3nc(-c4ccc5c(c4)COC5)nn3c2=O)CC1. The normalized spacial score (nSPS) is 15.2. The van der Waals surface area contributed by atoms with Crippen LogP contribution in [0.15, 0.2) is 58.0 Å². The van der Waals surface area contributed by atoms with Crippen molar-refractivity contribution in [3.8, 4) is 11.4 Å². The predicted molar refractivity (Wildman–Crippen MR) is 198 cm³/mol. The second kappa shape index (κ2) is 16.0. The number of carbonyl (C=O) groups excluding carboxylic acids is 2. The summed E-state index contributed by atoms with van der Waals surface area (Å²) in [5.41, 5.74) is 1.89. The fourth-order valence-corrected chi connectivity index (χ4v) is 6.86. The lowest BCUT2D eigenvalue weighted by molar-refractivity contribution is -0.137. The van der Waals surface area contributed by atoms with Crippen LogP contribution in [0.4, 0.5) is 24.5 Å². The van der Waals surface area contributed by atoms with E-state index < -0.39 is 29.1 Å². The molecule has 4 aromatic rings. The molecule has 0 bridgehead atoms. The van der Waals surface area contributed by atoms with E-state index in [1.807, 2.05) is 36.9 Å². The number of anilines is 2. The summed E-state index contributed by atoms with van der Waals surface area (Å²) in [5.74, 6) is -0.895. The molecule has 4 heterocycles. The van der Waals surface area contributed by atoms with Gasteiger partial charge in [0, 0.05) is 38.8 Å². The van der Waals surface area contributed by atoms with Gasteiger partial charge in [0.2, 0.25) is 11.7 Å². The molecule has 1 fully saturated rings. The van der Waals surface area contributed by atoms with E-state index in [9.17, 15) is 32.7 Å². The molecule has 286 valence electrons. The third kappa shape index (κ3) is 7.85. The van der Waals surface area contributed by atoms with Gasteiger partial charge in [0.05, 0.1) is 35.2 Å². The maximum Gasteiger partial charge on any atom is 0.416 e. The van der Waals surface area contributed by atoms with Crippen LogP contribution in [0.2, 0.25) is 5.02 Å². The molecule has 13 nitrogen and oxygen atoms in total. The van der Waals surface area contributed by atoms with Crippen molar-refractivity contribution < 1.29 is 32.6 Å². The summed E-state index contributed by atoms with van der Waals surface area (Å²) >= 11 is 6.15. The van der Waals surface area contributed by atoms with Crippen molar-refractivity contribution in [2.45, 2.75) is 65.5 Å². The van der Waals surface area contributed by atoms with E-state index in [-0.39, 0.29) is 78.6 Å². The fourth-order valence-electron chi connectivity index (χ4n) is 6.63. The Kier molecular flexibility index (Phi) is 11.4. The summed E-state index contributed by atoms with van der Waals surface area (Å²) in [5, 5.41) is 17.5. The molecule has 2 aromatic carbocycles. The maximum atomic E-state index is 14.3.